The fraction of sp³-hybridized carbons (Fsp3) is 0.923. The molecule has 0 aliphatic carbocycles. The van der Waals surface area contributed by atoms with Crippen molar-refractivity contribution in [1.82, 2.24) is 10.2 Å². The highest BCUT2D eigenvalue weighted by Gasteiger charge is 2.30. The molecule has 0 saturated carbocycles. The maximum atomic E-state index is 12.3. The first-order valence-electron chi connectivity index (χ1n) is 6.55. The van der Waals surface area contributed by atoms with E-state index in [0.29, 0.717) is 19.0 Å². The molecule has 0 spiro atoms. The summed E-state index contributed by atoms with van der Waals surface area (Å²) in [6.45, 7) is 10.4. The van der Waals surface area contributed by atoms with E-state index in [1.165, 1.54) is 0 Å². The van der Waals surface area contributed by atoms with Crippen LogP contribution in [0.3, 0.4) is 0 Å². The molecule has 2 unspecified atom stereocenters. The molecule has 0 bridgehead atoms. The van der Waals surface area contributed by atoms with Crippen LogP contribution >= 0.6 is 0 Å². The van der Waals surface area contributed by atoms with E-state index in [4.69, 9.17) is 0 Å². The van der Waals surface area contributed by atoms with Crippen LogP contribution in [0, 0.1) is 11.8 Å². The predicted molar refractivity (Wildman–Crippen MR) is 68.7 cm³/mol. The predicted octanol–water partition coefficient (Wildman–Crippen LogP) is 0.851. The largest absolute Gasteiger partial charge is 0.389 e. The Labute approximate surface area is 104 Å². The van der Waals surface area contributed by atoms with Gasteiger partial charge in [-0.1, -0.05) is 6.92 Å². The molecule has 0 aromatic carbocycles. The summed E-state index contributed by atoms with van der Waals surface area (Å²) < 4.78 is 0. The highest BCUT2D eigenvalue weighted by molar-refractivity contribution is 5.79. The molecule has 4 nitrogen and oxygen atoms in total. The average Bonchev–Trinajstić information content (AvgIpc) is 2.23. The summed E-state index contributed by atoms with van der Waals surface area (Å²) in [5.74, 6) is 0.799. The molecule has 0 radical (unpaired) electrons. The van der Waals surface area contributed by atoms with E-state index in [-0.39, 0.29) is 11.8 Å². The van der Waals surface area contributed by atoms with E-state index in [1.54, 1.807) is 18.7 Å². The highest BCUT2D eigenvalue weighted by Crippen LogP contribution is 2.19. The fourth-order valence-electron chi connectivity index (χ4n) is 2.42. The zero-order valence-electron chi connectivity index (χ0n) is 11.5. The SMILES string of the molecule is CCN(CC(C)(C)O)C(=O)C1CNCC(C)C1. The van der Waals surface area contributed by atoms with Crippen LogP contribution < -0.4 is 5.32 Å². The van der Waals surface area contributed by atoms with Crippen LogP contribution in [0.1, 0.15) is 34.1 Å². The van der Waals surface area contributed by atoms with E-state index in [0.717, 1.165) is 19.5 Å². The molecule has 0 aromatic rings. The second-order valence-corrected chi connectivity index (χ2v) is 5.86. The Bertz CT molecular complexity index is 261. The number of rotatable bonds is 4. The summed E-state index contributed by atoms with van der Waals surface area (Å²) in [6, 6.07) is 0. The first-order valence-corrected chi connectivity index (χ1v) is 6.55. The van der Waals surface area contributed by atoms with Crippen molar-refractivity contribution in [3.63, 3.8) is 0 Å². The Hall–Kier alpha value is -0.610. The molecule has 17 heavy (non-hydrogen) atoms. The van der Waals surface area contributed by atoms with Crippen molar-refractivity contribution in [2.24, 2.45) is 11.8 Å². The van der Waals surface area contributed by atoms with Crippen molar-refractivity contribution < 1.29 is 9.90 Å². The minimum atomic E-state index is -0.820. The number of hydrogen-bond acceptors (Lipinski definition) is 3. The maximum absolute atomic E-state index is 12.3. The smallest absolute Gasteiger partial charge is 0.227 e. The Morgan fingerprint density at radius 3 is 2.59 bits per heavy atom. The lowest BCUT2D eigenvalue weighted by atomic mass is 9.90. The van der Waals surface area contributed by atoms with Gasteiger partial charge >= 0.3 is 0 Å². The van der Waals surface area contributed by atoms with Crippen molar-refractivity contribution in [1.29, 1.82) is 0 Å². The van der Waals surface area contributed by atoms with Crippen LogP contribution in [0.4, 0.5) is 0 Å². The van der Waals surface area contributed by atoms with Gasteiger partial charge in [0.15, 0.2) is 0 Å². The quantitative estimate of drug-likeness (QED) is 0.768. The summed E-state index contributed by atoms with van der Waals surface area (Å²) in [5.41, 5.74) is -0.820. The molecule has 0 aromatic heterocycles. The third-order valence-corrected chi connectivity index (χ3v) is 3.19. The molecule has 2 atom stereocenters. The zero-order chi connectivity index (χ0) is 13.1. The van der Waals surface area contributed by atoms with Gasteiger partial charge in [0.25, 0.3) is 0 Å². The van der Waals surface area contributed by atoms with Crippen LogP contribution in [0.25, 0.3) is 0 Å². The molecule has 1 aliphatic rings. The molecule has 1 rings (SSSR count). The molecule has 4 heteroatoms. The normalized spacial score (nSPS) is 25.7. The summed E-state index contributed by atoms with van der Waals surface area (Å²) in [5, 5.41) is 13.1. The first-order chi connectivity index (χ1) is 7.83. The lowest BCUT2D eigenvalue weighted by molar-refractivity contribution is -0.139. The minimum Gasteiger partial charge on any atom is -0.389 e. The van der Waals surface area contributed by atoms with Gasteiger partial charge in [0, 0.05) is 19.6 Å². The topological polar surface area (TPSA) is 52.6 Å². The second-order valence-electron chi connectivity index (χ2n) is 5.86. The number of carbonyl (C=O) groups is 1. The minimum absolute atomic E-state index is 0.0704. The van der Waals surface area contributed by atoms with Crippen LogP contribution in [-0.4, -0.2) is 47.7 Å². The lowest BCUT2D eigenvalue weighted by Gasteiger charge is -2.34. The van der Waals surface area contributed by atoms with Crippen molar-refractivity contribution in [2.75, 3.05) is 26.2 Å². The Balaban J connectivity index is 2.59. The maximum Gasteiger partial charge on any atom is 0.227 e. The van der Waals surface area contributed by atoms with Crippen molar-refractivity contribution >= 4 is 5.91 Å². The molecule has 1 heterocycles. The van der Waals surface area contributed by atoms with Gasteiger partial charge in [0.1, 0.15) is 0 Å². The van der Waals surface area contributed by atoms with Gasteiger partial charge in [-0.3, -0.25) is 4.79 Å². The number of carbonyl (C=O) groups excluding carboxylic acids is 1. The molecule has 1 aliphatic heterocycles. The molecule has 2 N–H and O–H groups in total. The number of hydrogen-bond donors (Lipinski definition) is 2. The summed E-state index contributed by atoms with van der Waals surface area (Å²) in [4.78, 5) is 14.1. The first kappa shape index (κ1) is 14.5. The van der Waals surface area contributed by atoms with Crippen molar-refractivity contribution in [3.05, 3.63) is 0 Å². The van der Waals surface area contributed by atoms with Crippen LogP contribution in [0.5, 0.6) is 0 Å². The molecule has 1 amide bonds. The van der Waals surface area contributed by atoms with Gasteiger partial charge in [-0.05, 0) is 39.7 Å². The van der Waals surface area contributed by atoms with Gasteiger partial charge in [0.2, 0.25) is 5.91 Å². The summed E-state index contributed by atoms with van der Waals surface area (Å²) in [6.07, 6.45) is 0.953. The van der Waals surface area contributed by atoms with Gasteiger partial charge in [-0.15, -0.1) is 0 Å². The van der Waals surface area contributed by atoms with Crippen molar-refractivity contribution in [2.45, 2.75) is 39.7 Å². The van der Waals surface area contributed by atoms with E-state index in [2.05, 4.69) is 12.2 Å². The van der Waals surface area contributed by atoms with Gasteiger partial charge in [0.05, 0.1) is 11.5 Å². The van der Waals surface area contributed by atoms with E-state index >= 15 is 0 Å². The number of likely N-dealkylation sites (N-methyl/N-ethyl adjacent to an activating group) is 1. The molecular formula is C13H26N2O2. The number of nitrogens with one attached hydrogen (secondary N) is 1. The standard InChI is InChI=1S/C13H26N2O2/c1-5-15(9-13(3,4)17)12(16)11-6-10(2)7-14-8-11/h10-11,14,17H,5-9H2,1-4H3. The number of amides is 1. The van der Waals surface area contributed by atoms with Crippen LogP contribution in [0.15, 0.2) is 0 Å². The number of piperidine rings is 1. The molecule has 1 fully saturated rings. The zero-order valence-corrected chi connectivity index (χ0v) is 11.5. The van der Waals surface area contributed by atoms with Gasteiger partial charge < -0.3 is 15.3 Å². The third kappa shape index (κ3) is 4.64. The average molecular weight is 242 g/mol. The Morgan fingerprint density at radius 2 is 2.12 bits per heavy atom. The fourth-order valence-corrected chi connectivity index (χ4v) is 2.42. The highest BCUT2D eigenvalue weighted by atomic mass is 16.3. The molecule has 100 valence electrons. The lowest BCUT2D eigenvalue weighted by Crippen LogP contribution is -2.49. The summed E-state index contributed by atoms with van der Waals surface area (Å²) in [7, 11) is 0. The summed E-state index contributed by atoms with van der Waals surface area (Å²) >= 11 is 0. The Morgan fingerprint density at radius 1 is 1.47 bits per heavy atom. The number of nitrogens with zero attached hydrogens (tertiary/aromatic N) is 1. The third-order valence-electron chi connectivity index (χ3n) is 3.19. The van der Waals surface area contributed by atoms with Crippen LogP contribution in [-0.2, 0) is 4.79 Å². The monoisotopic (exact) mass is 242 g/mol. The van der Waals surface area contributed by atoms with Gasteiger partial charge in [-0.25, -0.2) is 0 Å². The Kier molecular flexibility index (Phi) is 4.95. The second kappa shape index (κ2) is 5.83. The van der Waals surface area contributed by atoms with Crippen LogP contribution in [0.2, 0.25) is 0 Å². The van der Waals surface area contributed by atoms with E-state index in [1.807, 2.05) is 6.92 Å². The molecule has 1 saturated heterocycles. The number of aliphatic hydroxyl groups is 1. The van der Waals surface area contributed by atoms with Crippen molar-refractivity contribution in [3.8, 4) is 0 Å². The molecular weight excluding hydrogens is 216 g/mol. The van der Waals surface area contributed by atoms with Gasteiger partial charge in [-0.2, -0.15) is 0 Å². The van der Waals surface area contributed by atoms with E-state index < -0.39 is 5.60 Å². The van der Waals surface area contributed by atoms with E-state index in [9.17, 15) is 9.90 Å².